The Bertz CT molecular complexity index is 380. The summed E-state index contributed by atoms with van der Waals surface area (Å²) in [6, 6.07) is 1.29. The van der Waals surface area contributed by atoms with Crippen LogP contribution in [0.5, 0.6) is 0 Å². The van der Waals surface area contributed by atoms with E-state index in [0.29, 0.717) is 0 Å². The molecule has 0 aliphatic carbocycles. The molecule has 1 heterocycles. The van der Waals surface area contributed by atoms with Crippen LogP contribution < -0.4 is 0 Å². The minimum Gasteiger partial charge on any atom is -0.464 e. The maximum Gasteiger partial charge on any atom is 0.356 e. The third-order valence-corrected chi connectivity index (χ3v) is 1.47. The maximum absolute atomic E-state index is 11.0. The van der Waals surface area contributed by atoms with Gasteiger partial charge in [-0.1, -0.05) is 5.16 Å². The van der Waals surface area contributed by atoms with E-state index in [2.05, 4.69) is 19.9 Å². The van der Waals surface area contributed by atoms with Crippen molar-refractivity contribution in [2.24, 2.45) is 5.16 Å². The van der Waals surface area contributed by atoms with Crippen molar-refractivity contribution >= 4 is 23.8 Å². The zero-order chi connectivity index (χ0) is 10.6. The lowest BCUT2D eigenvalue weighted by Gasteiger charge is -1.99. The first kappa shape index (κ1) is 10.4. The molecule has 74 valence electrons. The van der Waals surface area contributed by atoms with Crippen LogP contribution in [0.2, 0.25) is 5.28 Å². The van der Waals surface area contributed by atoms with E-state index in [4.69, 9.17) is 16.8 Å². The lowest BCUT2D eigenvalue weighted by Crippen LogP contribution is -2.06. The monoisotopic (exact) mass is 215 g/mol. The van der Waals surface area contributed by atoms with Gasteiger partial charge in [-0.2, -0.15) is 0 Å². The van der Waals surface area contributed by atoms with E-state index in [9.17, 15) is 4.79 Å². The van der Waals surface area contributed by atoms with Crippen molar-refractivity contribution in [3.8, 4) is 0 Å². The minimum absolute atomic E-state index is 0.00222. The molecule has 0 radical (unpaired) electrons. The normalized spacial score (nSPS) is 10.4. The first-order valence-electron chi connectivity index (χ1n) is 3.47. The molecule has 0 unspecified atom stereocenters. The van der Waals surface area contributed by atoms with Crippen molar-refractivity contribution in [1.29, 1.82) is 0 Å². The van der Waals surface area contributed by atoms with Crippen LogP contribution in [0, 0.1) is 0 Å². The van der Waals surface area contributed by atoms with Gasteiger partial charge in [0.15, 0.2) is 5.69 Å². The van der Waals surface area contributed by atoms with Gasteiger partial charge in [-0.25, -0.2) is 14.8 Å². The van der Waals surface area contributed by atoms with E-state index in [1.807, 2.05) is 0 Å². The van der Waals surface area contributed by atoms with Gasteiger partial charge in [0.1, 0.15) is 0 Å². The SMILES string of the molecule is COC(=O)c1cc(/C=N/O)nc(Cl)n1. The summed E-state index contributed by atoms with van der Waals surface area (Å²) in [4.78, 5) is 18.3. The van der Waals surface area contributed by atoms with Crippen molar-refractivity contribution in [3.05, 3.63) is 22.7 Å². The number of oxime groups is 1. The van der Waals surface area contributed by atoms with Crippen LogP contribution in [-0.2, 0) is 4.74 Å². The fourth-order valence-electron chi connectivity index (χ4n) is 0.770. The Labute approximate surface area is 84.2 Å². The standard InChI is InChI=1S/C7H6ClN3O3/c1-14-6(12)5-2-4(3-9-13)10-7(8)11-5/h2-3,13H,1H3/b9-3+. The Hall–Kier alpha value is -1.69. The first-order valence-corrected chi connectivity index (χ1v) is 3.85. The van der Waals surface area contributed by atoms with Gasteiger partial charge in [0.25, 0.3) is 0 Å². The summed E-state index contributed by atoms with van der Waals surface area (Å²) in [6.07, 6.45) is 1.03. The zero-order valence-electron chi connectivity index (χ0n) is 7.14. The van der Waals surface area contributed by atoms with E-state index >= 15 is 0 Å². The molecule has 0 saturated carbocycles. The quantitative estimate of drug-likeness (QED) is 0.258. The van der Waals surface area contributed by atoms with Gasteiger partial charge in [0.05, 0.1) is 19.0 Å². The van der Waals surface area contributed by atoms with Crippen LogP contribution in [0.15, 0.2) is 11.2 Å². The maximum atomic E-state index is 11.0. The second-order valence-corrected chi connectivity index (χ2v) is 2.52. The fourth-order valence-corrected chi connectivity index (χ4v) is 0.959. The molecule has 0 amide bonds. The molecule has 0 atom stereocenters. The summed E-state index contributed by atoms with van der Waals surface area (Å²) in [7, 11) is 1.22. The predicted octanol–water partition coefficient (Wildman–Crippen LogP) is 0.725. The summed E-state index contributed by atoms with van der Waals surface area (Å²) in [5.41, 5.74) is 0.218. The summed E-state index contributed by atoms with van der Waals surface area (Å²) in [5, 5.41) is 10.9. The van der Waals surface area contributed by atoms with Crippen LogP contribution in [0.1, 0.15) is 16.2 Å². The fraction of sp³-hybridized carbons (Fsp3) is 0.143. The molecule has 0 aliphatic rings. The molecule has 0 spiro atoms. The van der Waals surface area contributed by atoms with Gasteiger partial charge in [-0.05, 0) is 17.7 Å². The van der Waals surface area contributed by atoms with Crippen molar-refractivity contribution in [2.45, 2.75) is 0 Å². The molecule has 0 saturated heterocycles. The molecule has 14 heavy (non-hydrogen) atoms. The van der Waals surface area contributed by atoms with Crippen molar-refractivity contribution in [2.75, 3.05) is 7.11 Å². The first-order chi connectivity index (χ1) is 6.67. The number of nitrogens with zero attached hydrogens (tertiary/aromatic N) is 3. The Morgan fingerprint density at radius 2 is 2.43 bits per heavy atom. The second-order valence-electron chi connectivity index (χ2n) is 2.18. The number of aromatic nitrogens is 2. The molecule has 1 aromatic heterocycles. The Morgan fingerprint density at radius 3 is 3.00 bits per heavy atom. The molecule has 1 aromatic rings. The molecular weight excluding hydrogens is 210 g/mol. The number of hydrogen-bond acceptors (Lipinski definition) is 6. The van der Waals surface area contributed by atoms with E-state index < -0.39 is 5.97 Å². The average molecular weight is 216 g/mol. The molecule has 0 bridgehead atoms. The highest BCUT2D eigenvalue weighted by Gasteiger charge is 2.10. The highest BCUT2D eigenvalue weighted by molar-refractivity contribution is 6.28. The smallest absolute Gasteiger partial charge is 0.356 e. The van der Waals surface area contributed by atoms with Gasteiger partial charge in [0.2, 0.25) is 5.28 Å². The molecule has 1 rings (SSSR count). The lowest BCUT2D eigenvalue weighted by molar-refractivity contribution is 0.0593. The van der Waals surface area contributed by atoms with Gasteiger partial charge in [-0.3, -0.25) is 0 Å². The number of methoxy groups -OCH3 is 1. The minimum atomic E-state index is -0.637. The Balaban J connectivity index is 3.13. The van der Waals surface area contributed by atoms with Crippen LogP contribution >= 0.6 is 11.6 Å². The number of ether oxygens (including phenoxy) is 1. The van der Waals surface area contributed by atoms with Crippen LogP contribution in [-0.4, -0.2) is 34.5 Å². The van der Waals surface area contributed by atoms with E-state index in [1.165, 1.54) is 13.2 Å². The summed E-state index contributed by atoms with van der Waals surface area (Å²) < 4.78 is 4.43. The number of carbonyl (C=O) groups is 1. The third kappa shape index (κ3) is 2.40. The summed E-state index contributed by atoms with van der Waals surface area (Å²) >= 11 is 5.51. The molecule has 7 heteroatoms. The van der Waals surface area contributed by atoms with Crippen molar-refractivity contribution in [3.63, 3.8) is 0 Å². The number of rotatable bonds is 2. The number of hydrogen-bond donors (Lipinski definition) is 1. The van der Waals surface area contributed by atoms with Crippen LogP contribution in [0.25, 0.3) is 0 Å². The van der Waals surface area contributed by atoms with Gasteiger partial charge in [-0.15, -0.1) is 0 Å². The molecular formula is C7H6ClN3O3. The predicted molar refractivity (Wildman–Crippen MR) is 47.8 cm³/mol. The average Bonchev–Trinajstić information content (AvgIpc) is 2.16. The molecule has 6 nitrogen and oxygen atoms in total. The largest absolute Gasteiger partial charge is 0.464 e. The topological polar surface area (TPSA) is 84.7 Å². The Kier molecular flexibility index (Phi) is 3.35. The van der Waals surface area contributed by atoms with Crippen molar-refractivity contribution < 1.29 is 14.7 Å². The van der Waals surface area contributed by atoms with Gasteiger partial charge in [0, 0.05) is 0 Å². The summed E-state index contributed by atoms with van der Waals surface area (Å²) in [5.74, 6) is -0.637. The Morgan fingerprint density at radius 1 is 1.71 bits per heavy atom. The van der Waals surface area contributed by atoms with E-state index in [1.54, 1.807) is 0 Å². The molecule has 0 aromatic carbocycles. The molecule has 1 N–H and O–H groups in total. The molecule has 0 aliphatic heterocycles. The lowest BCUT2D eigenvalue weighted by atomic mass is 10.3. The highest BCUT2D eigenvalue weighted by Crippen LogP contribution is 2.05. The van der Waals surface area contributed by atoms with E-state index in [0.717, 1.165) is 6.21 Å². The zero-order valence-corrected chi connectivity index (χ0v) is 7.89. The van der Waals surface area contributed by atoms with Gasteiger partial charge < -0.3 is 9.94 Å². The number of carbonyl (C=O) groups excluding carboxylic acids is 1. The van der Waals surface area contributed by atoms with Crippen LogP contribution in [0.3, 0.4) is 0 Å². The third-order valence-electron chi connectivity index (χ3n) is 1.30. The highest BCUT2D eigenvalue weighted by atomic mass is 35.5. The van der Waals surface area contributed by atoms with Gasteiger partial charge >= 0.3 is 5.97 Å². The van der Waals surface area contributed by atoms with Crippen molar-refractivity contribution in [1.82, 2.24) is 9.97 Å². The van der Waals surface area contributed by atoms with E-state index in [-0.39, 0.29) is 16.7 Å². The summed E-state index contributed by atoms with van der Waals surface area (Å²) in [6.45, 7) is 0. The number of halogens is 1. The van der Waals surface area contributed by atoms with Crippen LogP contribution in [0.4, 0.5) is 0 Å². The number of esters is 1. The second kappa shape index (κ2) is 4.52. The molecule has 0 fully saturated rings.